The Morgan fingerprint density at radius 3 is 2.38 bits per heavy atom. The molecule has 0 unspecified atom stereocenters. The molecule has 1 aliphatic carbocycles. The van der Waals surface area contributed by atoms with Gasteiger partial charge in [0.1, 0.15) is 0 Å². The van der Waals surface area contributed by atoms with E-state index in [1.807, 2.05) is 18.2 Å². The Balaban J connectivity index is 1.87. The lowest BCUT2D eigenvalue weighted by atomic mass is 9.85. The van der Waals surface area contributed by atoms with Crippen LogP contribution >= 0.6 is 0 Å². The molecule has 0 amide bonds. The first-order chi connectivity index (χ1) is 12.5. The van der Waals surface area contributed by atoms with Crippen LogP contribution in [0.4, 0.5) is 11.4 Å². The summed E-state index contributed by atoms with van der Waals surface area (Å²) in [6, 6.07) is 12.7. The molecule has 0 bridgehead atoms. The molecule has 0 fully saturated rings. The number of carbonyl (C=O) groups is 1. The zero-order chi connectivity index (χ0) is 18.7. The molecule has 0 saturated heterocycles. The van der Waals surface area contributed by atoms with Crippen LogP contribution in [0.1, 0.15) is 41.8 Å². The fourth-order valence-electron chi connectivity index (χ4n) is 3.37. The Bertz CT molecular complexity index is 865. The third-order valence-electron chi connectivity index (χ3n) is 4.87. The lowest BCUT2D eigenvalue weighted by Gasteiger charge is -2.21. The third kappa shape index (κ3) is 3.52. The van der Waals surface area contributed by atoms with Crippen LogP contribution < -0.4 is 4.90 Å². The van der Waals surface area contributed by atoms with Crippen LogP contribution in [0.25, 0.3) is 6.08 Å². The molecule has 0 aromatic heterocycles. The number of hydrogen-bond acceptors (Lipinski definition) is 4. The molecule has 134 valence electrons. The summed E-state index contributed by atoms with van der Waals surface area (Å²) in [6.07, 6.45) is 3.28. The van der Waals surface area contributed by atoms with Gasteiger partial charge in [0.2, 0.25) is 0 Å². The van der Waals surface area contributed by atoms with Gasteiger partial charge in [0.25, 0.3) is 5.69 Å². The Hall–Kier alpha value is -2.95. The van der Waals surface area contributed by atoms with Gasteiger partial charge < -0.3 is 4.90 Å². The molecule has 0 saturated carbocycles. The fourth-order valence-corrected chi connectivity index (χ4v) is 3.37. The van der Waals surface area contributed by atoms with Crippen LogP contribution in [-0.4, -0.2) is 23.8 Å². The minimum atomic E-state index is -0.461. The molecule has 26 heavy (non-hydrogen) atoms. The summed E-state index contributed by atoms with van der Waals surface area (Å²) in [5, 5.41) is 11.0. The van der Waals surface area contributed by atoms with Gasteiger partial charge in [-0.15, -0.1) is 0 Å². The molecule has 0 atom stereocenters. The number of nitrogens with zero attached hydrogens (tertiary/aromatic N) is 2. The molecule has 0 heterocycles. The van der Waals surface area contributed by atoms with E-state index < -0.39 is 4.92 Å². The van der Waals surface area contributed by atoms with Gasteiger partial charge in [0, 0.05) is 42.0 Å². The molecule has 0 spiro atoms. The second-order valence-electron chi connectivity index (χ2n) is 6.36. The molecule has 3 rings (SSSR count). The monoisotopic (exact) mass is 350 g/mol. The van der Waals surface area contributed by atoms with Gasteiger partial charge in [-0.3, -0.25) is 14.9 Å². The smallest absolute Gasteiger partial charge is 0.270 e. The van der Waals surface area contributed by atoms with Crippen LogP contribution in [0.3, 0.4) is 0 Å². The van der Waals surface area contributed by atoms with Crippen molar-refractivity contribution in [3.63, 3.8) is 0 Å². The van der Waals surface area contributed by atoms with E-state index in [1.165, 1.54) is 12.1 Å². The van der Waals surface area contributed by atoms with Gasteiger partial charge in [0.05, 0.1) is 4.92 Å². The zero-order valence-corrected chi connectivity index (χ0v) is 15.1. The molecule has 2 aromatic rings. The molecule has 0 N–H and O–H groups in total. The van der Waals surface area contributed by atoms with Crippen molar-refractivity contribution in [1.82, 2.24) is 0 Å². The molecular weight excluding hydrogens is 328 g/mol. The number of fused-ring (bicyclic) bond motifs is 1. The predicted molar refractivity (Wildman–Crippen MR) is 104 cm³/mol. The average molecular weight is 350 g/mol. The number of anilines is 1. The normalized spacial score (nSPS) is 15.0. The van der Waals surface area contributed by atoms with Crippen LogP contribution in [0.2, 0.25) is 0 Å². The number of ketones is 1. The Kier molecular flexibility index (Phi) is 5.16. The van der Waals surface area contributed by atoms with Crippen LogP contribution in [-0.2, 0) is 6.42 Å². The highest BCUT2D eigenvalue weighted by Crippen LogP contribution is 2.29. The molecule has 1 aliphatic rings. The number of Topliss-reactive ketones (excluding diaryl/α,β-unsaturated/α-hetero) is 1. The van der Waals surface area contributed by atoms with E-state index in [4.69, 9.17) is 0 Å². The fraction of sp³-hybridized carbons (Fsp3) is 0.286. The van der Waals surface area contributed by atoms with Crippen molar-refractivity contribution in [2.45, 2.75) is 26.7 Å². The van der Waals surface area contributed by atoms with Crippen molar-refractivity contribution < 1.29 is 9.72 Å². The summed E-state index contributed by atoms with van der Waals surface area (Å²) in [5.74, 6) is -0.109. The first-order valence-electron chi connectivity index (χ1n) is 8.91. The molecular formula is C21H22N2O3. The summed E-state index contributed by atoms with van der Waals surface area (Å²) in [4.78, 5) is 25.5. The standard InChI is InChI=1S/C21H22N2O3/c1-3-22(4-2)18-10-5-15(6-11-18)13-17-8-7-16-9-12-19(23(25)26)14-20(16)21(17)24/h5-6,9-14H,3-4,7-8H2,1-2H3. The second-order valence-corrected chi connectivity index (χ2v) is 6.36. The van der Waals surface area contributed by atoms with Gasteiger partial charge in [-0.25, -0.2) is 0 Å². The van der Waals surface area contributed by atoms with Crippen LogP contribution in [0, 0.1) is 10.1 Å². The maximum atomic E-state index is 12.8. The number of nitro benzene ring substituents is 1. The van der Waals surface area contributed by atoms with E-state index >= 15 is 0 Å². The number of hydrogen-bond donors (Lipinski definition) is 0. The van der Waals surface area contributed by atoms with Crippen molar-refractivity contribution in [2.75, 3.05) is 18.0 Å². The number of rotatable bonds is 5. The maximum absolute atomic E-state index is 12.8. The summed E-state index contributed by atoms with van der Waals surface area (Å²) < 4.78 is 0. The minimum Gasteiger partial charge on any atom is -0.372 e. The van der Waals surface area contributed by atoms with Crippen molar-refractivity contribution in [3.8, 4) is 0 Å². The van der Waals surface area contributed by atoms with E-state index in [0.717, 1.165) is 36.3 Å². The minimum absolute atomic E-state index is 0.0399. The highest BCUT2D eigenvalue weighted by Gasteiger charge is 2.24. The lowest BCUT2D eigenvalue weighted by Crippen LogP contribution is -2.21. The van der Waals surface area contributed by atoms with E-state index in [1.54, 1.807) is 6.07 Å². The van der Waals surface area contributed by atoms with Crippen molar-refractivity contribution in [2.24, 2.45) is 0 Å². The van der Waals surface area contributed by atoms with Crippen molar-refractivity contribution in [3.05, 3.63) is 74.8 Å². The van der Waals surface area contributed by atoms with Gasteiger partial charge in [-0.05, 0) is 56.0 Å². The Labute approximate surface area is 153 Å². The molecule has 2 aromatic carbocycles. The van der Waals surface area contributed by atoms with Crippen molar-refractivity contribution >= 4 is 23.2 Å². The number of benzene rings is 2. The highest BCUT2D eigenvalue weighted by molar-refractivity contribution is 6.13. The number of aryl methyl sites for hydroxylation is 1. The summed E-state index contributed by atoms with van der Waals surface area (Å²) in [5.41, 5.74) is 4.13. The third-order valence-corrected chi connectivity index (χ3v) is 4.87. The van der Waals surface area contributed by atoms with Gasteiger partial charge >= 0.3 is 0 Å². The number of carbonyl (C=O) groups excluding carboxylic acids is 1. The van der Waals surface area contributed by atoms with Crippen LogP contribution in [0.5, 0.6) is 0 Å². The van der Waals surface area contributed by atoms with Crippen molar-refractivity contribution in [1.29, 1.82) is 0 Å². The van der Waals surface area contributed by atoms with Gasteiger partial charge in [-0.1, -0.05) is 18.2 Å². The number of nitro groups is 1. The maximum Gasteiger partial charge on any atom is 0.270 e. The molecule has 5 nitrogen and oxygen atoms in total. The van der Waals surface area contributed by atoms with Gasteiger partial charge in [-0.2, -0.15) is 0 Å². The van der Waals surface area contributed by atoms with E-state index in [9.17, 15) is 14.9 Å². The largest absolute Gasteiger partial charge is 0.372 e. The summed E-state index contributed by atoms with van der Waals surface area (Å²) >= 11 is 0. The Morgan fingerprint density at radius 2 is 1.77 bits per heavy atom. The van der Waals surface area contributed by atoms with Crippen LogP contribution in [0.15, 0.2) is 48.0 Å². The van der Waals surface area contributed by atoms with E-state index in [0.29, 0.717) is 17.6 Å². The highest BCUT2D eigenvalue weighted by atomic mass is 16.6. The SMILES string of the molecule is CCN(CC)c1ccc(C=C2CCc3ccc([N+](=O)[O-])cc3C2=O)cc1. The lowest BCUT2D eigenvalue weighted by molar-refractivity contribution is -0.384. The molecule has 5 heteroatoms. The second kappa shape index (κ2) is 7.52. The quantitative estimate of drug-likeness (QED) is 0.447. The summed E-state index contributed by atoms with van der Waals surface area (Å²) in [6.45, 7) is 6.14. The zero-order valence-electron chi connectivity index (χ0n) is 15.1. The topological polar surface area (TPSA) is 63.4 Å². The average Bonchev–Trinajstić information content (AvgIpc) is 2.66. The van der Waals surface area contributed by atoms with E-state index in [2.05, 4.69) is 30.9 Å². The van der Waals surface area contributed by atoms with E-state index in [-0.39, 0.29) is 11.5 Å². The predicted octanol–water partition coefficient (Wildman–Crippen LogP) is 4.65. The first kappa shape index (κ1) is 17.9. The molecule has 0 aliphatic heterocycles. The molecule has 0 radical (unpaired) electrons. The first-order valence-corrected chi connectivity index (χ1v) is 8.91. The number of allylic oxidation sites excluding steroid dienone is 1. The van der Waals surface area contributed by atoms with Gasteiger partial charge in [0.15, 0.2) is 5.78 Å². The Morgan fingerprint density at radius 1 is 1.08 bits per heavy atom. The number of non-ortho nitro benzene ring substituents is 1. The summed E-state index contributed by atoms with van der Waals surface area (Å²) in [7, 11) is 0.